The van der Waals surface area contributed by atoms with Gasteiger partial charge in [-0.3, -0.25) is 14.6 Å². The summed E-state index contributed by atoms with van der Waals surface area (Å²) in [5, 5.41) is 6.43. The second-order valence-electron chi connectivity index (χ2n) is 6.26. The Labute approximate surface area is 168 Å². The summed E-state index contributed by atoms with van der Waals surface area (Å²) in [5.74, 6) is -0.304. The fourth-order valence-corrected chi connectivity index (χ4v) is 2.93. The van der Waals surface area contributed by atoms with E-state index in [1.807, 2.05) is 48.5 Å². The first-order valence-corrected chi connectivity index (χ1v) is 9.30. The lowest BCUT2D eigenvalue weighted by Gasteiger charge is -2.12. The van der Waals surface area contributed by atoms with Gasteiger partial charge in [-0.15, -0.1) is 0 Å². The number of halogens is 1. The largest absolute Gasteiger partial charge is 0.352 e. The molecule has 28 heavy (non-hydrogen) atoms. The van der Waals surface area contributed by atoms with Crippen LogP contribution in [0.1, 0.15) is 27.9 Å². The number of aromatic nitrogens is 1. The molecule has 0 spiro atoms. The Hall–Kier alpha value is -3.18. The average molecular weight is 394 g/mol. The fraction of sp³-hybridized carbons (Fsp3) is 0.136. The number of amides is 2. The molecule has 3 aromatic rings. The van der Waals surface area contributed by atoms with Crippen LogP contribution >= 0.6 is 11.6 Å². The fourth-order valence-electron chi connectivity index (χ4n) is 2.72. The van der Waals surface area contributed by atoms with Crippen LogP contribution in [-0.2, 0) is 17.8 Å². The van der Waals surface area contributed by atoms with E-state index >= 15 is 0 Å². The molecule has 3 rings (SSSR count). The summed E-state index contributed by atoms with van der Waals surface area (Å²) in [6.07, 6.45) is 4.11. The van der Waals surface area contributed by atoms with Crippen LogP contribution in [0.15, 0.2) is 73.1 Å². The Morgan fingerprint density at radius 2 is 1.86 bits per heavy atom. The Morgan fingerprint density at radius 3 is 2.64 bits per heavy atom. The van der Waals surface area contributed by atoms with E-state index in [2.05, 4.69) is 15.6 Å². The van der Waals surface area contributed by atoms with Crippen LogP contribution in [0.4, 0.5) is 5.69 Å². The number of pyridine rings is 1. The number of anilines is 1. The molecular weight excluding hydrogens is 374 g/mol. The number of benzene rings is 2. The normalized spacial score (nSPS) is 10.3. The summed E-state index contributed by atoms with van der Waals surface area (Å²) >= 11 is 5.97. The van der Waals surface area contributed by atoms with Gasteiger partial charge in [0.2, 0.25) is 5.91 Å². The standard InChI is InChI=1S/C22H20ClN3O2/c23-19-8-3-5-16(13-19)10-11-21(27)25-15-17-6-1-2-9-20(17)26-22(28)18-7-4-12-24-14-18/h1-9,12-14H,10-11,15H2,(H,25,27)(H,26,28). The average Bonchev–Trinajstić information content (AvgIpc) is 2.72. The Balaban J connectivity index is 1.56. The van der Waals surface area contributed by atoms with Crippen LogP contribution in [0, 0.1) is 0 Å². The van der Waals surface area contributed by atoms with Crippen molar-refractivity contribution in [3.05, 3.63) is 94.8 Å². The third-order valence-electron chi connectivity index (χ3n) is 4.20. The van der Waals surface area contributed by atoms with Crippen LogP contribution in [0.2, 0.25) is 5.02 Å². The van der Waals surface area contributed by atoms with E-state index in [0.717, 1.165) is 11.1 Å². The quantitative estimate of drug-likeness (QED) is 0.630. The van der Waals surface area contributed by atoms with Crippen molar-refractivity contribution < 1.29 is 9.59 Å². The maximum Gasteiger partial charge on any atom is 0.257 e. The van der Waals surface area contributed by atoms with Crippen molar-refractivity contribution in [3.63, 3.8) is 0 Å². The number of aryl methyl sites for hydroxylation is 1. The highest BCUT2D eigenvalue weighted by molar-refractivity contribution is 6.30. The van der Waals surface area contributed by atoms with E-state index in [0.29, 0.717) is 35.7 Å². The smallest absolute Gasteiger partial charge is 0.257 e. The van der Waals surface area contributed by atoms with Crippen molar-refractivity contribution in [2.75, 3.05) is 5.32 Å². The zero-order valence-electron chi connectivity index (χ0n) is 15.2. The Bertz CT molecular complexity index is 961. The number of hydrogen-bond donors (Lipinski definition) is 2. The van der Waals surface area contributed by atoms with Crippen molar-refractivity contribution >= 4 is 29.1 Å². The first-order chi connectivity index (χ1) is 13.6. The number of para-hydroxylation sites is 1. The molecule has 0 bridgehead atoms. The number of rotatable bonds is 7. The van der Waals surface area contributed by atoms with Crippen molar-refractivity contribution in [2.45, 2.75) is 19.4 Å². The SMILES string of the molecule is O=C(CCc1cccc(Cl)c1)NCc1ccccc1NC(=O)c1cccnc1. The number of nitrogens with zero attached hydrogens (tertiary/aromatic N) is 1. The zero-order chi connectivity index (χ0) is 19.8. The van der Waals surface area contributed by atoms with Gasteiger partial charge in [-0.2, -0.15) is 0 Å². The molecule has 0 saturated heterocycles. The van der Waals surface area contributed by atoms with Gasteiger partial charge in [0.15, 0.2) is 0 Å². The van der Waals surface area contributed by atoms with Gasteiger partial charge in [-0.1, -0.05) is 41.9 Å². The van der Waals surface area contributed by atoms with Gasteiger partial charge in [0.05, 0.1) is 5.56 Å². The molecule has 0 atom stereocenters. The summed E-state index contributed by atoms with van der Waals surface area (Å²) in [4.78, 5) is 28.5. The van der Waals surface area contributed by atoms with Gasteiger partial charge >= 0.3 is 0 Å². The van der Waals surface area contributed by atoms with Crippen LogP contribution in [0.25, 0.3) is 0 Å². The molecule has 0 aliphatic rings. The molecule has 0 radical (unpaired) electrons. The van der Waals surface area contributed by atoms with Crippen molar-refractivity contribution in [1.82, 2.24) is 10.3 Å². The minimum absolute atomic E-state index is 0.0617. The number of carbonyl (C=O) groups excluding carboxylic acids is 2. The minimum atomic E-state index is -0.243. The monoisotopic (exact) mass is 393 g/mol. The first kappa shape index (κ1) is 19.6. The summed E-state index contributed by atoms with van der Waals surface area (Å²) < 4.78 is 0. The summed E-state index contributed by atoms with van der Waals surface area (Å²) in [6, 6.07) is 18.3. The van der Waals surface area contributed by atoms with Crippen LogP contribution in [0.3, 0.4) is 0 Å². The predicted molar refractivity (Wildman–Crippen MR) is 110 cm³/mol. The van der Waals surface area contributed by atoms with Crippen LogP contribution < -0.4 is 10.6 Å². The maximum absolute atomic E-state index is 12.3. The van der Waals surface area contributed by atoms with Gasteiger partial charge in [0.25, 0.3) is 5.91 Å². The van der Waals surface area contributed by atoms with Crippen molar-refractivity contribution in [3.8, 4) is 0 Å². The highest BCUT2D eigenvalue weighted by atomic mass is 35.5. The molecule has 142 valence electrons. The van der Waals surface area contributed by atoms with E-state index < -0.39 is 0 Å². The van der Waals surface area contributed by atoms with Crippen molar-refractivity contribution in [1.29, 1.82) is 0 Å². The molecule has 6 heteroatoms. The molecule has 0 saturated carbocycles. The lowest BCUT2D eigenvalue weighted by atomic mass is 10.1. The minimum Gasteiger partial charge on any atom is -0.352 e. The molecule has 0 aliphatic carbocycles. The third kappa shape index (κ3) is 5.66. The summed E-state index contributed by atoms with van der Waals surface area (Å²) in [5.41, 5.74) is 2.98. The van der Waals surface area contributed by atoms with Gasteiger partial charge in [0.1, 0.15) is 0 Å². The molecule has 1 heterocycles. The molecule has 2 amide bonds. The van der Waals surface area contributed by atoms with Crippen LogP contribution in [-0.4, -0.2) is 16.8 Å². The van der Waals surface area contributed by atoms with Crippen molar-refractivity contribution in [2.24, 2.45) is 0 Å². The molecule has 1 aromatic heterocycles. The van der Waals surface area contributed by atoms with E-state index in [9.17, 15) is 9.59 Å². The Morgan fingerprint density at radius 1 is 1.00 bits per heavy atom. The second-order valence-corrected chi connectivity index (χ2v) is 6.70. The van der Waals surface area contributed by atoms with Gasteiger partial charge in [-0.25, -0.2) is 0 Å². The number of carbonyl (C=O) groups is 2. The number of nitrogens with one attached hydrogen (secondary N) is 2. The summed E-state index contributed by atoms with van der Waals surface area (Å²) in [7, 11) is 0. The molecule has 0 fully saturated rings. The molecule has 5 nitrogen and oxygen atoms in total. The third-order valence-corrected chi connectivity index (χ3v) is 4.43. The van der Waals surface area contributed by atoms with E-state index in [1.165, 1.54) is 6.20 Å². The van der Waals surface area contributed by atoms with Gasteiger partial charge in [0, 0.05) is 36.1 Å². The maximum atomic E-state index is 12.3. The van der Waals surface area contributed by atoms with Crippen LogP contribution in [0.5, 0.6) is 0 Å². The van der Waals surface area contributed by atoms with Gasteiger partial charge < -0.3 is 10.6 Å². The molecule has 0 unspecified atom stereocenters. The first-order valence-electron chi connectivity index (χ1n) is 8.92. The molecule has 2 N–H and O–H groups in total. The highest BCUT2D eigenvalue weighted by Crippen LogP contribution is 2.16. The summed E-state index contributed by atoms with van der Waals surface area (Å²) in [6.45, 7) is 0.331. The predicted octanol–water partition coefficient (Wildman–Crippen LogP) is 4.24. The molecule has 2 aromatic carbocycles. The Kier molecular flexibility index (Phi) is 6.76. The van der Waals surface area contributed by atoms with E-state index in [1.54, 1.807) is 18.3 Å². The van der Waals surface area contributed by atoms with E-state index in [-0.39, 0.29) is 11.8 Å². The lowest BCUT2D eigenvalue weighted by molar-refractivity contribution is -0.121. The lowest BCUT2D eigenvalue weighted by Crippen LogP contribution is -2.24. The second kappa shape index (κ2) is 9.67. The highest BCUT2D eigenvalue weighted by Gasteiger charge is 2.10. The molecular formula is C22H20ClN3O2. The molecule has 0 aliphatic heterocycles. The topological polar surface area (TPSA) is 71.1 Å². The van der Waals surface area contributed by atoms with E-state index in [4.69, 9.17) is 11.6 Å². The zero-order valence-corrected chi connectivity index (χ0v) is 15.9. The number of hydrogen-bond acceptors (Lipinski definition) is 3. The van der Waals surface area contributed by atoms with Gasteiger partial charge in [-0.05, 0) is 47.9 Å².